The molecule has 5 heteroatoms. The van der Waals surface area contributed by atoms with Crippen LogP contribution in [-0.4, -0.2) is 18.7 Å². The van der Waals surface area contributed by atoms with E-state index >= 15 is 0 Å². The largest absolute Gasteiger partial charge is 0.265 e. The van der Waals surface area contributed by atoms with Gasteiger partial charge in [0.1, 0.15) is 11.0 Å². The summed E-state index contributed by atoms with van der Waals surface area (Å²) in [6.45, 7) is 14.1. The molecule has 16 rings (SSSR count). The van der Waals surface area contributed by atoms with Crippen molar-refractivity contribution in [1.82, 2.24) is 18.7 Å². The molecule has 744 valence electrons. The Morgan fingerprint density at radius 3 is 0.683 bits per heavy atom. The Morgan fingerprint density at radius 1 is 0.190 bits per heavy atom. The van der Waals surface area contributed by atoms with Gasteiger partial charge in [-0.15, -0.1) is 0 Å². The standard InChI is InChI=1S/C137H170N4S/c1-7-13-19-25-31-37-43-55-87-135(88-56-44-38-32-26-20-14-8-2)127-99-109(107-61-51-49-52-62-107)69-75-119(127)120-76-70-110(100-128(120)135)111-71-77-121-123-79-73-115(103-131(123)136(129(121)101-111,89-57-45-39-33-27-21-15-9-3)90-58-46-40-34-28-22-16-10-4)125-97-113(68-66-106-85-95-139-96-86-106)126(98-112(125)67-65-105-83-93-138-94-84-105)116-74-80-124-122-78-72-114(118-82-81-117(108-63-53-50-54-64-108)133-134(118)141-142-140-133)102-130(122)137(132(124)104-116,91-59-47-41-35-29-23-17-11-5)92-60-48-42-36-30-24-18-12-6/h49-54,61-86,93-104H,7-48,55-60,87-92H2,1-6H3/b67-65+,68-66+. The lowest BCUT2D eigenvalue weighted by atomic mass is 9.69. The Balaban J connectivity index is 0.844. The lowest BCUT2D eigenvalue weighted by molar-refractivity contribution is 0.397. The second kappa shape index (κ2) is 54.7. The maximum absolute atomic E-state index is 5.15. The van der Waals surface area contributed by atoms with Gasteiger partial charge in [-0.1, -0.05) is 520 Å². The maximum atomic E-state index is 5.15. The number of unbranched alkanes of at least 4 members (excludes halogenated alkanes) is 42. The summed E-state index contributed by atoms with van der Waals surface area (Å²) in [6, 6.07) is 87.4. The Kier molecular flexibility index (Phi) is 40.3. The van der Waals surface area contributed by atoms with Crippen LogP contribution in [0.4, 0.5) is 0 Å². The number of fused-ring (bicyclic) bond motifs is 10. The van der Waals surface area contributed by atoms with Gasteiger partial charge in [-0.3, -0.25) is 9.97 Å². The zero-order valence-corrected chi connectivity index (χ0v) is 89.1. The van der Waals surface area contributed by atoms with E-state index in [0.29, 0.717) is 0 Å². The Morgan fingerprint density at radius 2 is 0.408 bits per heavy atom. The van der Waals surface area contributed by atoms with Crippen molar-refractivity contribution in [1.29, 1.82) is 0 Å². The van der Waals surface area contributed by atoms with Crippen LogP contribution in [0.2, 0.25) is 0 Å². The first-order valence-electron chi connectivity index (χ1n) is 57.8. The van der Waals surface area contributed by atoms with Crippen LogP contribution in [0.25, 0.3) is 135 Å². The van der Waals surface area contributed by atoms with Crippen molar-refractivity contribution in [2.75, 3.05) is 0 Å². The van der Waals surface area contributed by atoms with Crippen LogP contribution in [-0.2, 0) is 16.2 Å². The highest BCUT2D eigenvalue weighted by Gasteiger charge is 2.47. The van der Waals surface area contributed by atoms with Gasteiger partial charge in [0.15, 0.2) is 0 Å². The fraction of sp³-hybridized carbons (Fsp3) is 0.460. The number of aromatic nitrogens is 4. The molecule has 0 bridgehead atoms. The molecule has 10 aromatic carbocycles. The summed E-state index contributed by atoms with van der Waals surface area (Å²) in [6.07, 6.45) is 87.0. The molecule has 0 unspecified atom stereocenters. The van der Waals surface area contributed by atoms with E-state index in [1.165, 1.54) is 450 Å². The smallest absolute Gasteiger partial charge is 0.113 e. The van der Waals surface area contributed by atoms with Crippen molar-refractivity contribution in [2.45, 2.75) is 405 Å². The van der Waals surface area contributed by atoms with E-state index in [4.69, 9.17) is 8.75 Å². The summed E-state index contributed by atoms with van der Waals surface area (Å²) in [7, 11) is 0. The number of hydrogen-bond donors (Lipinski definition) is 0. The second-order valence-corrected chi connectivity index (χ2v) is 43.8. The summed E-state index contributed by atoms with van der Waals surface area (Å²) in [5, 5.41) is 0. The molecule has 3 aliphatic carbocycles. The van der Waals surface area contributed by atoms with E-state index in [1.54, 1.807) is 22.3 Å². The van der Waals surface area contributed by atoms with Gasteiger partial charge in [0.2, 0.25) is 0 Å². The topological polar surface area (TPSA) is 51.6 Å². The molecule has 0 radical (unpaired) electrons. The predicted molar refractivity (Wildman–Crippen MR) is 618 cm³/mol. The van der Waals surface area contributed by atoms with E-state index in [9.17, 15) is 0 Å². The Bertz CT molecular complexity index is 6050. The zero-order valence-electron chi connectivity index (χ0n) is 88.3. The van der Waals surface area contributed by atoms with Crippen LogP contribution >= 0.6 is 11.7 Å². The molecular weight excluding hydrogens is 1730 g/mol. The lowest BCUT2D eigenvalue weighted by Gasteiger charge is -2.34. The molecule has 4 nitrogen and oxygen atoms in total. The van der Waals surface area contributed by atoms with E-state index in [2.05, 4.69) is 294 Å². The van der Waals surface area contributed by atoms with Gasteiger partial charge >= 0.3 is 0 Å². The van der Waals surface area contributed by atoms with E-state index < -0.39 is 0 Å². The molecule has 142 heavy (non-hydrogen) atoms. The highest BCUT2D eigenvalue weighted by atomic mass is 32.1. The maximum Gasteiger partial charge on any atom is 0.113 e. The van der Waals surface area contributed by atoms with Crippen molar-refractivity contribution in [3.05, 3.63) is 299 Å². The van der Waals surface area contributed by atoms with E-state index in [1.807, 2.05) is 24.8 Å². The van der Waals surface area contributed by atoms with Gasteiger partial charge in [-0.05, 0) is 256 Å². The van der Waals surface area contributed by atoms with Crippen molar-refractivity contribution in [3.63, 3.8) is 0 Å². The van der Waals surface area contributed by atoms with Crippen molar-refractivity contribution in [3.8, 4) is 100 Å². The molecule has 0 N–H and O–H groups in total. The van der Waals surface area contributed by atoms with Gasteiger partial charge < -0.3 is 0 Å². The summed E-state index contributed by atoms with van der Waals surface area (Å²) in [5.41, 5.74) is 39.3. The first-order chi connectivity index (χ1) is 70.2. The molecule has 0 atom stereocenters. The molecule has 3 aliphatic rings. The monoisotopic (exact) mass is 1900 g/mol. The molecule has 0 saturated heterocycles. The first-order valence-corrected chi connectivity index (χ1v) is 58.6. The molecule has 3 aromatic heterocycles. The zero-order chi connectivity index (χ0) is 97.7. The average molecular weight is 1900 g/mol. The molecular formula is C137H170N4S. The van der Waals surface area contributed by atoms with Gasteiger partial charge in [-0.25, -0.2) is 0 Å². The fourth-order valence-corrected chi connectivity index (χ4v) is 25.8. The van der Waals surface area contributed by atoms with Crippen LogP contribution in [0.1, 0.15) is 444 Å². The van der Waals surface area contributed by atoms with E-state index in [-0.39, 0.29) is 16.2 Å². The molecule has 0 aliphatic heterocycles. The normalized spacial score (nSPS) is 13.5. The highest BCUT2D eigenvalue weighted by molar-refractivity contribution is 7.00. The Labute approximate surface area is 863 Å². The quantitative estimate of drug-likeness (QED) is 0.0357. The summed E-state index contributed by atoms with van der Waals surface area (Å²) >= 11 is 1.34. The molecule has 3 heterocycles. The molecule has 0 fully saturated rings. The van der Waals surface area contributed by atoms with Gasteiger partial charge in [0.05, 0.1) is 11.7 Å². The molecule has 0 spiro atoms. The second-order valence-electron chi connectivity index (χ2n) is 43.3. The minimum Gasteiger partial charge on any atom is -0.265 e. The van der Waals surface area contributed by atoms with Crippen LogP contribution in [0.15, 0.2) is 243 Å². The number of benzene rings is 10. The third-order valence-corrected chi connectivity index (χ3v) is 33.8. The Hall–Kier alpha value is -10.2. The highest BCUT2D eigenvalue weighted by Crippen LogP contribution is 2.61. The minimum atomic E-state index is -0.216. The summed E-state index contributed by atoms with van der Waals surface area (Å²) < 4.78 is 10.2. The summed E-state index contributed by atoms with van der Waals surface area (Å²) in [4.78, 5) is 9.14. The van der Waals surface area contributed by atoms with E-state index in [0.717, 1.165) is 53.4 Å². The first kappa shape index (κ1) is 105. The third-order valence-electron chi connectivity index (χ3n) is 33.2. The van der Waals surface area contributed by atoms with Crippen LogP contribution in [0.3, 0.4) is 0 Å². The summed E-state index contributed by atoms with van der Waals surface area (Å²) in [5.74, 6) is 0. The van der Waals surface area contributed by atoms with Crippen LogP contribution in [0.5, 0.6) is 0 Å². The predicted octanol–water partition coefficient (Wildman–Crippen LogP) is 42.8. The minimum absolute atomic E-state index is 0.0777. The number of rotatable bonds is 64. The van der Waals surface area contributed by atoms with Crippen LogP contribution < -0.4 is 0 Å². The van der Waals surface area contributed by atoms with Crippen molar-refractivity contribution >= 4 is 47.1 Å². The molecule has 0 saturated carbocycles. The van der Waals surface area contributed by atoms with Gasteiger partial charge in [0.25, 0.3) is 0 Å². The third kappa shape index (κ3) is 26.2. The van der Waals surface area contributed by atoms with Crippen molar-refractivity contribution in [2.24, 2.45) is 0 Å². The molecule has 0 amide bonds. The number of hydrogen-bond acceptors (Lipinski definition) is 5. The molecule has 13 aromatic rings. The van der Waals surface area contributed by atoms with Crippen molar-refractivity contribution < 1.29 is 0 Å². The lowest BCUT2D eigenvalue weighted by Crippen LogP contribution is -2.26. The van der Waals surface area contributed by atoms with Gasteiger partial charge in [-0.2, -0.15) is 8.75 Å². The SMILES string of the molecule is CCCCCCCCCCC1(CCCCCCCCCC)c2cc(-c3ccccc3)ccc2-c2ccc(-c3ccc4c(c3)C(CCCCCCCCCC)(CCCCCCCCCC)c3cc(-c5cc(/C=C/c6ccncc6)c(-c6ccc7c(c6)C(CCCCCCCCCC)(CCCCCCCCCC)c6cc(-c8ccc(-c9ccccc9)c9nsnc89)ccc6-7)cc5/C=C/c5ccncc5)ccc3-4)cc21. The average Bonchev–Trinajstić information content (AvgIpc) is 1.57. The van der Waals surface area contributed by atoms with Crippen LogP contribution in [0, 0.1) is 0 Å². The van der Waals surface area contributed by atoms with Gasteiger partial charge in [0, 0.05) is 52.2 Å². The number of pyridine rings is 2. The fourth-order valence-electron chi connectivity index (χ4n) is 25.2. The number of nitrogens with zero attached hydrogens (tertiary/aromatic N) is 4.